The first kappa shape index (κ1) is 20.6. The molecule has 2 unspecified atom stereocenters. The minimum atomic E-state index is -2.11. The summed E-state index contributed by atoms with van der Waals surface area (Å²) in [5.41, 5.74) is -3.83. The molecule has 1 rings (SSSR count). The summed E-state index contributed by atoms with van der Waals surface area (Å²) in [7, 11) is 0. The molecule has 0 heterocycles. The van der Waals surface area contributed by atoms with Gasteiger partial charge in [-0.1, -0.05) is 26.0 Å². The second kappa shape index (κ2) is 7.63. The Balaban J connectivity index is 3.34. The maximum Gasteiger partial charge on any atom is 0.333 e. The molecular formula is C18H24O7. The van der Waals surface area contributed by atoms with E-state index in [0.29, 0.717) is 12.8 Å². The predicted molar refractivity (Wildman–Crippen MR) is 88.8 cm³/mol. The van der Waals surface area contributed by atoms with Crippen LogP contribution in [0.3, 0.4) is 0 Å². The minimum absolute atomic E-state index is 0.00569. The molecule has 2 atom stereocenters. The van der Waals surface area contributed by atoms with Crippen molar-refractivity contribution in [2.45, 2.75) is 46.0 Å². The largest absolute Gasteiger partial charge is 0.481 e. The number of carboxylic acid groups (broad SMARTS) is 2. The van der Waals surface area contributed by atoms with Gasteiger partial charge in [0.2, 0.25) is 0 Å². The van der Waals surface area contributed by atoms with E-state index in [1.807, 2.05) is 0 Å². The number of Topliss-reactive ketones (excluding diaryl/α,β-unsaturated/α-hetero) is 1. The Morgan fingerprint density at radius 3 is 1.96 bits per heavy atom. The van der Waals surface area contributed by atoms with E-state index >= 15 is 0 Å². The van der Waals surface area contributed by atoms with Crippen LogP contribution in [0.25, 0.3) is 0 Å². The number of esters is 1. The lowest BCUT2D eigenvalue weighted by Gasteiger charge is -2.47. The van der Waals surface area contributed by atoms with Crippen molar-refractivity contribution in [3.8, 4) is 0 Å². The molecule has 0 amide bonds. The van der Waals surface area contributed by atoms with E-state index in [1.165, 1.54) is 13.8 Å². The Morgan fingerprint density at radius 1 is 0.960 bits per heavy atom. The van der Waals surface area contributed by atoms with Gasteiger partial charge in [-0.15, -0.1) is 0 Å². The van der Waals surface area contributed by atoms with Crippen LogP contribution in [0.4, 0.5) is 0 Å². The number of ketones is 1. The van der Waals surface area contributed by atoms with Crippen molar-refractivity contribution in [3.05, 3.63) is 24.3 Å². The van der Waals surface area contributed by atoms with Crippen LogP contribution >= 0.6 is 0 Å². The number of hydrogen-bond acceptors (Lipinski definition) is 5. The van der Waals surface area contributed by atoms with E-state index in [4.69, 9.17) is 4.74 Å². The highest BCUT2D eigenvalue weighted by atomic mass is 16.5. The maximum absolute atomic E-state index is 12.7. The molecule has 1 aliphatic rings. The fourth-order valence-electron chi connectivity index (χ4n) is 3.55. The molecule has 7 heteroatoms. The summed E-state index contributed by atoms with van der Waals surface area (Å²) < 4.78 is 4.97. The van der Waals surface area contributed by atoms with Crippen LogP contribution in [0.5, 0.6) is 0 Å². The summed E-state index contributed by atoms with van der Waals surface area (Å²) in [6, 6.07) is 0. The first-order valence-corrected chi connectivity index (χ1v) is 8.02. The van der Waals surface area contributed by atoms with Gasteiger partial charge in [0.1, 0.15) is 5.41 Å². The molecule has 0 aliphatic heterocycles. The summed E-state index contributed by atoms with van der Waals surface area (Å²) >= 11 is 0. The standard InChI is InChI=1S/C18H24O7/c1-11(2)13(19)18(16(23)24)8-6-5-7-17(18,15(21)22)9-10-25-14(20)12(3)4/h1,3,5-10H2,2,4H3,(H,21,22)(H,23,24). The molecule has 0 radical (unpaired) electrons. The van der Waals surface area contributed by atoms with Gasteiger partial charge in [0.15, 0.2) is 5.78 Å². The van der Waals surface area contributed by atoms with E-state index < -0.39 is 34.5 Å². The zero-order chi connectivity index (χ0) is 19.4. The van der Waals surface area contributed by atoms with Crippen LogP contribution in [-0.2, 0) is 23.9 Å². The van der Waals surface area contributed by atoms with Crippen LogP contribution in [0.1, 0.15) is 46.0 Å². The predicted octanol–water partition coefficient (Wildman–Crippen LogP) is 2.36. The van der Waals surface area contributed by atoms with Gasteiger partial charge in [-0.25, -0.2) is 4.79 Å². The van der Waals surface area contributed by atoms with Crippen molar-refractivity contribution in [1.29, 1.82) is 0 Å². The first-order chi connectivity index (χ1) is 11.5. The van der Waals surface area contributed by atoms with Crippen molar-refractivity contribution in [2.24, 2.45) is 10.8 Å². The normalized spacial score (nSPS) is 25.7. The molecule has 0 aromatic heterocycles. The van der Waals surface area contributed by atoms with E-state index in [9.17, 15) is 29.4 Å². The molecule has 2 N–H and O–H groups in total. The van der Waals surface area contributed by atoms with Crippen LogP contribution in [-0.4, -0.2) is 40.5 Å². The SMILES string of the molecule is C=C(C)C(=O)OCCC1(C(=O)O)CCCCC1(C(=O)O)C(=O)C(=C)C. The molecule has 1 fully saturated rings. The van der Waals surface area contributed by atoms with Gasteiger partial charge in [-0.2, -0.15) is 0 Å². The van der Waals surface area contributed by atoms with Crippen molar-refractivity contribution in [3.63, 3.8) is 0 Å². The fraction of sp³-hybridized carbons (Fsp3) is 0.556. The Hall–Kier alpha value is -2.44. The van der Waals surface area contributed by atoms with Gasteiger partial charge in [-0.05, 0) is 38.7 Å². The Kier molecular flexibility index (Phi) is 6.29. The summed E-state index contributed by atoms with van der Waals surface area (Å²) in [6.45, 7) is 9.45. The lowest BCUT2D eigenvalue weighted by molar-refractivity contribution is -0.184. The third kappa shape index (κ3) is 3.50. The van der Waals surface area contributed by atoms with Gasteiger partial charge in [0.05, 0.1) is 12.0 Å². The van der Waals surface area contributed by atoms with Crippen LogP contribution in [0.15, 0.2) is 24.3 Å². The fourth-order valence-corrected chi connectivity index (χ4v) is 3.55. The number of carbonyl (C=O) groups is 4. The molecule has 0 aromatic carbocycles. The average Bonchev–Trinajstić information content (AvgIpc) is 2.53. The van der Waals surface area contributed by atoms with E-state index in [1.54, 1.807) is 0 Å². The Labute approximate surface area is 146 Å². The minimum Gasteiger partial charge on any atom is -0.481 e. The van der Waals surface area contributed by atoms with E-state index in [0.717, 1.165) is 0 Å². The Bertz CT molecular complexity index is 633. The number of rotatable bonds is 8. The number of allylic oxidation sites excluding steroid dienone is 1. The summed E-state index contributed by atoms with van der Waals surface area (Å²) in [4.78, 5) is 48.5. The molecule has 25 heavy (non-hydrogen) atoms. The number of carbonyl (C=O) groups excluding carboxylic acids is 2. The molecule has 0 spiro atoms. The summed E-state index contributed by atoms with van der Waals surface area (Å²) in [6.07, 6.45) is 0.546. The summed E-state index contributed by atoms with van der Waals surface area (Å²) in [5.74, 6) is -4.33. The Morgan fingerprint density at radius 2 is 1.52 bits per heavy atom. The van der Waals surface area contributed by atoms with Crippen molar-refractivity contribution >= 4 is 23.7 Å². The molecular weight excluding hydrogens is 328 g/mol. The third-order valence-corrected chi connectivity index (χ3v) is 4.88. The van der Waals surface area contributed by atoms with Crippen LogP contribution < -0.4 is 0 Å². The second-order valence-corrected chi connectivity index (χ2v) is 6.58. The van der Waals surface area contributed by atoms with Gasteiger partial charge < -0.3 is 14.9 Å². The monoisotopic (exact) mass is 352 g/mol. The first-order valence-electron chi connectivity index (χ1n) is 8.02. The molecule has 1 aliphatic carbocycles. The maximum atomic E-state index is 12.7. The number of carboxylic acids is 2. The number of ether oxygens (including phenoxy) is 1. The molecule has 7 nitrogen and oxygen atoms in total. The lowest BCUT2D eigenvalue weighted by atomic mass is 9.52. The van der Waals surface area contributed by atoms with Crippen molar-refractivity contribution in [2.75, 3.05) is 6.61 Å². The second-order valence-electron chi connectivity index (χ2n) is 6.58. The van der Waals surface area contributed by atoms with Gasteiger partial charge in [0, 0.05) is 5.57 Å². The highest BCUT2D eigenvalue weighted by Crippen LogP contribution is 2.55. The average molecular weight is 352 g/mol. The van der Waals surface area contributed by atoms with Crippen LogP contribution in [0.2, 0.25) is 0 Å². The molecule has 0 bridgehead atoms. The highest BCUT2D eigenvalue weighted by Gasteiger charge is 2.66. The van der Waals surface area contributed by atoms with Crippen molar-refractivity contribution in [1.82, 2.24) is 0 Å². The van der Waals surface area contributed by atoms with Gasteiger partial charge >= 0.3 is 17.9 Å². The molecule has 1 saturated carbocycles. The molecule has 0 saturated heterocycles. The highest BCUT2D eigenvalue weighted by molar-refractivity contribution is 6.14. The van der Waals surface area contributed by atoms with E-state index in [2.05, 4.69) is 13.2 Å². The zero-order valence-electron chi connectivity index (χ0n) is 14.6. The smallest absolute Gasteiger partial charge is 0.333 e. The zero-order valence-corrected chi connectivity index (χ0v) is 14.6. The quantitative estimate of drug-likeness (QED) is 0.391. The summed E-state index contributed by atoms with van der Waals surface area (Å²) in [5, 5.41) is 19.7. The number of aliphatic carboxylic acids is 2. The topological polar surface area (TPSA) is 118 Å². The van der Waals surface area contributed by atoms with Gasteiger partial charge in [0.25, 0.3) is 0 Å². The van der Waals surface area contributed by atoms with Crippen molar-refractivity contribution < 1.29 is 34.1 Å². The number of hydrogen-bond donors (Lipinski definition) is 2. The van der Waals surface area contributed by atoms with E-state index in [-0.39, 0.29) is 37.0 Å². The van der Waals surface area contributed by atoms with Crippen LogP contribution in [0, 0.1) is 10.8 Å². The third-order valence-electron chi connectivity index (χ3n) is 4.88. The van der Waals surface area contributed by atoms with Gasteiger partial charge in [-0.3, -0.25) is 14.4 Å². The molecule has 138 valence electrons. The lowest BCUT2D eigenvalue weighted by Crippen LogP contribution is -2.59. The molecule has 0 aromatic rings.